The lowest BCUT2D eigenvalue weighted by Crippen LogP contribution is -2.19. The minimum atomic E-state index is -0.477. The molecule has 2 aromatic rings. The predicted molar refractivity (Wildman–Crippen MR) is 101 cm³/mol. The number of hydrogen-bond acceptors (Lipinski definition) is 5. The van der Waals surface area contributed by atoms with Crippen molar-refractivity contribution < 1.29 is 14.5 Å². The number of non-ortho nitro benzene ring substituents is 1. The van der Waals surface area contributed by atoms with Gasteiger partial charge in [0.15, 0.2) is 0 Å². The molecule has 27 heavy (non-hydrogen) atoms. The van der Waals surface area contributed by atoms with E-state index < -0.39 is 10.8 Å². The summed E-state index contributed by atoms with van der Waals surface area (Å²) < 4.78 is 0. The molecule has 0 atom stereocenters. The van der Waals surface area contributed by atoms with Crippen molar-refractivity contribution in [2.75, 3.05) is 5.32 Å². The van der Waals surface area contributed by atoms with Gasteiger partial charge in [0.1, 0.15) is 0 Å². The van der Waals surface area contributed by atoms with Crippen LogP contribution in [0, 0.1) is 16.0 Å². The van der Waals surface area contributed by atoms with E-state index in [1.807, 2.05) is 0 Å². The van der Waals surface area contributed by atoms with Gasteiger partial charge in [-0.1, -0.05) is 0 Å². The number of carbonyl (C=O) groups excluding carboxylic acids is 2. The van der Waals surface area contributed by atoms with Gasteiger partial charge in [0.05, 0.1) is 10.6 Å². The van der Waals surface area contributed by atoms with Crippen molar-refractivity contribution in [2.24, 2.45) is 11.0 Å². The van der Waals surface area contributed by atoms with Crippen LogP contribution in [0.3, 0.4) is 0 Å². The number of hydrogen-bond donors (Lipinski definition) is 2. The number of nitrogens with zero attached hydrogens (tertiary/aromatic N) is 2. The number of amides is 2. The smallest absolute Gasteiger partial charge is 0.271 e. The van der Waals surface area contributed by atoms with Gasteiger partial charge in [0.2, 0.25) is 5.91 Å². The lowest BCUT2D eigenvalue weighted by Gasteiger charge is -2.06. The van der Waals surface area contributed by atoms with Gasteiger partial charge in [-0.2, -0.15) is 5.10 Å². The molecular weight excluding hydrogens is 348 g/mol. The number of anilines is 1. The third-order valence-corrected chi connectivity index (χ3v) is 4.18. The van der Waals surface area contributed by atoms with Crippen LogP contribution in [-0.2, 0) is 4.79 Å². The van der Waals surface area contributed by atoms with E-state index in [0.717, 1.165) is 12.8 Å². The molecule has 1 saturated carbocycles. The summed E-state index contributed by atoms with van der Waals surface area (Å²) in [6.07, 6.45) is 1.86. The van der Waals surface area contributed by atoms with Gasteiger partial charge in [-0.05, 0) is 61.7 Å². The highest BCUT2D eigenvalue weighted by atomic mass is 16.6. The molecule has 0 unspecified atom stereocenters. The number of nitro benzene ring substituents is 1. The summed E-state index contributed by atoms with van der Waals surface area (Å²) in [5.41, 5.74) is 4.68. The zero-order chi connectivity index (χ0) is 19.4. The molecule has 0 radical (unpaired) electrons. The molecule has 0 aliphatic heterocycles. The van der Waals surface area contributed by atoms with Crippen molar-refractivity contribution in [3.8, 4) is 0 Å². The van der Waals surface area contributed by atoms with E-state index in [4.69, 9.17) is 0 Å². The van der Waals surface area contributed by atoms with Gasteiger partial charge >= 0.3 is 0 Å². The summed E-state index contributed by atoms with van der Waals surface area (Å²) in [7, 11) is 0. The normalized spacial score (nSPS) is 13.7. The summed E-state index contributed by atoms with van der Waals surface area (Å²) in [4.78, 5) is 34.1. The van der Waals surface area contributed by atoms with Crippen LogP contribution in [0.5, 0.6) is 0 Å². The molecule has 3 rings (SSSR count). The quantitative estimate of drug-likeness (QED) is 0.464. The minimum Gasteiger partial charge on any atom is -0.326 e. The molecule has 0 saturated heterocycles. The van der Waals surface area contributed by atoms with Crippen LogP contribution >= 0.6 is 0 Å². The molecule has 0 spiro atoms. The van der Waals surface area contributed by atoms with E-state index in [2.05, 4.69) is 15.8 Å². The third-order valence-electron chi connectivity index (χ3n) is 4.18. The van der Waals surface area contributed by atoms with Gasteiger partial charge in [-0.15, -0.1) is 0 Å². The maximum atomic E-state index is 12.2. The molecule has 2 aromatic carbocycles. The second-order valence-electron chi connectivity index (χ2n) is 6.28. The molecule has 2 amide bonds. The highest BCUT2D eigenvalue weighted by Crippen LogP contribution is 2.30. The molecule has 0 aromatic heterocycles. The maximum Gasteiger partial charge on any atom is 0.271 e. The number of rotatable bonds is 6. The first-order chi connectivity index (χ1) is 12.9. The van der Waals surface area contributed by atoms with Crippen molar-refractivity contribution in [3.63, 3.8) is 0 Å². The topological polar surface area (TPSA) is 114 Å². The summed E-state index contributed by atoms with van der Waals surface area (Å²) in [6.45, 7) is 1.69. The summed E-state index contributed by atoms with van der Waals surface area (Å²) in [6, 6.07) is 12.4. The van der Waals surface area contributed by atoms with E-state index in [1.54, 1.807) is 43.3 Å². The van der Waals surface area contributed by atoms with Crippen LogP contribution in [0.1, 0.15) is 35.7 Å². The summed E-state index contributed by atoms with van der Waals surface area (Å²) in [5.74, 6) is -0.267. The third kappa shape index (κ3) is 4.75. The lowest BCUT2D eigenvalue weighted by molar-refractivity contribution is -0.384. The summed E-state index contributed by atoms with van der Waals surface area (Å²) in [5, 5.41) is 17.5. The van der Waals surface area contributed by atoms with Crippen LogP contribution in [0.25, 0.3) is 0 Å². The first kappa shape index (κ1) is 18.2. The average Bonchev–Trinajstić information content (AvgIpc) is 3.52. The summed E-state index contributed by atoms with van der Waals surface area (Å²) >= 11 is 0. The van der Waals surface area contributed by atoms with Crippen molar-refractivity contribution in [2.45, 2.75) is 19.8 Å². The molecule has 138 valence electrons. The fourth-order valence-corrected chi connectivity index (χ4v) is 2.38. The van der Waals surface area contributed by atoms with Crippen LogP contribution < -0.4 is 10.7 Å². The highest BCUT2D eigenvalue weighted by Gasteiger charge is 2.29. The molecule has 0 bridgehead atoms. The van der Waals surface area contributed by atoms with Crippen LogP contribution in [0.4, 0.5) is 11.4 Å². The fraction of sp³-hybridized carbons (Fsp3) is 0.211. The number of nitrogens with one attached hydrogen (secondary N) is 2. The van der Waals surface area contributed by atoms with E-state index in [0.29, 0.717) is 22.5 Å². The number of nitro groups is 1. The van der Waals surface area contributed by atoms with Gasteiger partial charge in [-0.3, -0.25) is 19.7 Å². The molecule has 8 heteroatoms. The standard InChI is InChI=1S/C19H18N4O4/c1-12(13-6-10-17(11-7-13)23(26)27)21-22-19(25)15-4-8-16(9-5-15)20-18(24)14-2-3-14/h4-11,14H,2-3H2,1H3,(H,20,24)(H,22,25)/b21-12-. The van der Waals surface area contributed by atoms with E-state index in [-0.39, 0.29) is 17.5 Å². The SMILES string of the molecule is C/C(=N/NC(=O)c1ccc(NC(=O)C2CC2)cc1)c1ccc([N+](=O)[O-])cc1. The Balaban J connectivity index is 1.59. The van der Waals surface area contributed by atoms with Crippen LogP contribution in [0.2, 0.25) is 0 Å². The van der Waals surface area contributed by atoms with Gasteiger partial charge in [-0.25, -0.2) is 5.43 Å². The maximum absolute atomic E-state index is 12.2. The second-order valence-corrected chi connectivity index (χ2v) is 6.28. The first-order valence-electron chi connectivity index (χ1n) is 8.44. The number of carbonyl (C=O) groups is 2. The van der Waals surface area contributed by atoms with E-state index in [9.17, 15) is 19.7 Å². The lowest BCUT2D eigenvalue weighted by atomic mass is 10.1. The average molecular weight is 366 g/mol. The van der Waals surface area contributed by atoms with Crippen molar-refractivity contribution in [3.05, 3.63) is 69.8 Å². The second kappa shape index (κ2) is 7.77. The Morgan fingerprint density at radius 2 is 1.63 bits per heavy atom. The Hall–Kier alpha value is -3.55. The van der Waals surface area contributed by atoms with Gasteiger partial charge in [0, 0.05) is 29.3 Å². The van der Waals surface area contributed by atoms with E-state index in [1.165, 1.54) is 12.1 Å². The largest absolute Gasteiger partial charge is 0.326 e. The first-order valence-corrected chi connectivity index (χ1v) is 8.44. The van der Waals surface area contributed by atoms with E-state index >= 15 is 0 Å². The Morgan fingerprint density at radius 1 is 1.04 bits per heavy atom. The molecule has 1 aliphatic carbocycles. The Labute approximate surface area is 155 Å². The Bertz CT molecular complexity index is 900. The Morgan fingerprint density at radius 3 is 2.19 bits per heavy atom. The van der Waals surface area contributed by atoms with Gasteiger partial charge < -0.3 is 5.32 Å². The number of hydrazone groups is 1. The minimum absolute atomic E-state index is 0.00974. The molecule has 8 nitrogen and oxygen atoms in total. The molecular formula is C19H18N4O4. The molecule has 1 aliphatic rings. The zero-order valence-corrected chi connectivity index (χ0v) is 14.6. The van der Waals surface area contributed by atoms with Crippen molar-refractivity contribution >= 4 is 28.9 Å². The zero-order valence-electron chi connectivity index (χ0n) is 14.6. The van der Waals surface area contributed by atoms with Crippen LogP contribution in [0.15, 0.2) is 53.6 Å². The Kier molecular flexibility index (Phi) is 5.25. The number of benzene rings is 2. The predicted octanol–water partition coefficient (Wildman–Crippen LogP) is 3.10. The highest BCUT2D eigenvalue weighted by molar-refractivity contribution is 6.01. The molecule has 0 heterocycles. The molecule has 1 fully saturated rings. The van der Waals surface area contributed by atoms with Gasteiger partial charge in [0.25, 0.3) is 11.6 Å². The van der Waals surface area contributed by atoms with Crippen LogP contribution in [-0.4, -0.2) is 22.4 Å². The van der Waals surface area contributed by atoms with Crippen molar-refractivity contribution in [1.29, 1.82) is 0 Å². The monoisotopic (exact) mass is 366 g/mol. The fourth-order valence-electron chi connectivity index (χ4n) is 2.38. The molecule has 2 N–H and O–H groups in total. The van der Waals surface area contributed by atoms with Crippen molar-refractivity contribution in [1.82, 2.24) is 5.43 Å².